The molecule has 0 spiro atoms. The fourth-order valence-electron chi connectivity index (χ4n) is 6.63. The Hall–Kier alpha value is -2.34. The Morgan fingerprint density at radius 1 is 0.406 bits per heavy atom. The first-order chi connectivity index (χ1) is 15.8. The normalized spacial score (nSPS) is 22.8. The maximum atomic E-state index is 2.56. The van der Waals surface area contributed by atoms with Crippen LogP contribution in [0.2, 0.25) is 0 Å². The molecule has 3 aliphatic carbocycles. The predicted octanol–water partition coefficient (Wildman–Crippen LogP) is 8.55. The zero-order valence-electron chi connectivity index (χ0n) is 19.4. The van der Waals surface area contributed by atoms with Crippen LogP contribution in [0.25, 0.3) is 11.1 Å². The summed E-state index contributed by atoms with van der Waals surface area (Å²) in [4.78, 5) is 0. The molecule has 0 heterocycles. The van der Waals surface area contributed by atoms with E-state index < -0.39 is 0 Å². The lowest BCUT2D eigenvalue weighted by Crippen LogP contribution is -2.13. The second-order valence-electron chi connectivity index (χ2n) is 10.6. The van der Waals surface area contributed by atoms with Crippen molar-refractivity contribution in [1.29, 1.82) is 0 Å². The van der Waals surface area contributed by atoms with Crippen molar-refractivity contribution in [2.24, 2.45) is 0 Å². The highest BCUT2D eigenvalue weighted by Gasteiger charge is 2.24. The van der Waals surface area contributed by atoms with Crippen LogP contribution < -0.4 is 0 Å². The molecule has 0 bridgehead atoms. The molecule has 3 aliphatic rings. The number of fused-ring (bicyclic) bond motifs is 2. The Balaban J connectivity index is 1.12. The summed E-state index contributed by atoms with van der Waals surface area (Å²) in [6.07, 6.45) is 15.9. The molecule has 0 radical (unpaired) electrons. The van der Waals surface area contributed by atoms with E-state index in [0.717, 1.165) is 11.8 Å². The maximum absolute atomic E-state index is 2.56. The largest absolute Gasteiger partial charge is 0.0585 e. The lowest BCUT2D eigenvalue weighted by Gasteiger charge is -2.30. The van der Waals surface area contributed by atoms with Gasteiger partial charge >= 0.3 is 0 Å². The highest BCUT2D eigenvalue weighted by Crippen LogP contribution is 2.41. The van der Waals surface area contributed by atoms with Crippen molar-refractivity contribution in [3.05, 3.63) is 94.0 Å². The van der Waals surface area contributed by atoms with Gasteiger partial charge in [-0.25, -0.2) is 0 Å². The molecule has 0 atom stereocenters. The number of hydrogen-bond donors (Lipinski definition) is 0. The molecule has 6 rings (SSSR count). The Labute approximate surface area is 194 Å². The van der Waals surface area contributed by atoms with Gasteiger partial charge < -0.3 is 0 Å². The molecule has 0 nitrogen and oxygen atoms in total. The third-order valence-electron chi connectivity index (χ3n) is 8.64. The SMILES string of the molecule is c1cc(C2CCC(c3ccc4c(c3)CCCC4)CC2)ccc1-c1ccc2c(c1)CCCC2. The second kappa shape index (κ2) is 8.89. The minimum atomic E-state index is 0.737. The molecule has 1 saturated carbocycles. The van der Waals surface area contributed by atoms with Crippen molar-refractivity contribution in [2.45, 2.75) is 88.9 Å². The van der Waals surface area contributed by atoms with Gasteiger partial charge in [0, 0.05) is 0 Å². The molecule has 0 heteroatoms. The number of benzene rings is 3. The Bertz CT molecular complexity index is 1080. The lowest BCUT2D eigenvalue weighted by molar-refractivity contribution is 0.396. The van der Waals surface area contributed by atoms with Crippen molar-refractivity contribution in [1.82, 2.24) is 0 Å². The minimum absolute atomic E-state index is 0.737. The Morgan fingerprint density at radius 3 is 1.53 bits per heavy atom. The first-order valence-electron chi connectivity index (χ1n) is 13.2. The van der Waals surface area contributed by atoms with Crippen molar-refractivity contribution >= 4 is 0 Å². The standard InChI is InChI=1S/C32H36/c1-3-7-29-21-31(19-17-23(29)5-1)27-13-9-25(10-14-27)26-11-15-28(16-12-26)32-20-18-24-6-2-4-8-30(24)22-32/h9-10,13-14,17-22,26,28H,1-8,11-12,15-16H2. The average Bonchev–Trinajstić information content (AvgIpc) is 2.88. The number of hydrogen-bond acceptors (Lipinski definition) is 0. The summed E-state index contributed by atoms with van der Waals surface area (Å²) in [6.45, 7) is 0. The van der Waals surface area contributed by atoms with Crippen molar-refractivity contribution in [2.75, 3.05) is 0 Å². The van der Waals surface area contributed by atoms with E-state index in [1.165, 1.54) is 88.2 Å². The van der Waals surface area contributed by atoms with Crippen molar-refractivity contribution in [3.8, 4) is 11.1 Å². The van der Waals surface area contributed by atoms with Crippen LogP contribution in [0.3, 0.4) is 0 Å². The van der Waals surface area contributed by atoms with Crippen LogP contribution in [0.5, 0.6) is 0 Å². The van der Waals surface area contributed by atoms with E-state index in [1.807, 2.05) is 0 Å². The van der Waals surface area contributed by atoms with Crippen LogP contribution in [0.4, 0.5) is 0 Å². The molecule has 0 aromatic heterocycles. The Kier molecular flexibility index (Phi) is 5.63. The summed E-state index contributed by atoms with van der Waals surface area (Å²) in [5.41, 5.74) is 12.4. The van der Waals surface area contributed by atoms with Crippen LogP contribution in [-0.4, -0.2) is 0 Å². The topological polar surface area (TPSA) is 0 Å². The molecule has 0 saturated heterocycles. The van der Waals surface area contributed by atoms with Crippen LogP contribution in [0.15, 0.2) is 60.7 Å². The molecule has 3 aromatic rings. The van der Waals surface area contributed by atoms with E-state index in [1.54, 1.807) is 33.4 Å². The van der Waals surface area contributed by atoms with Gasteiger partial charge in [-0.2, -0.15) is 0 Å². The van der Waals surface area contributed by atoms with E-state index in [9.17, 15) is 0 Å². The van der Waals surface area contributed by atoms with Crippen LogP contribution >= 0.6 is 0 Å². The first-order valence-corrected chi connectivity index (χ1v) is 13.2. The van der Waals surface area contributed by atoms with Gasteiger partial charge in [0.2, 0.25) is 0 Å². The number of aryl methyl sites for hydroxylation is 4. The summed E-state index contributed by atoms with van der Waals surface area (Å²) < 4.78 is 0. The molecule has 32 heavy (non-hydrogen) atoms. The van der Waals surface area contributed by atoms with E-state index in [-0.39, 0.29) is 0 Å². The quantitative estimate of drug-likeness (QED) is 0.398. The summed E-state index contributed by atoms with van der Waals surface area (Å²) in [5.74, 6) is 1.51. The van der Waals surface area contributed by atoms with Gasteiger partial charge in [0.25, 0.3) is 0 Å². The van der Waals surface area contributed by atoms with Crippen molar-refractivity contribution < 1.29 is 0 Å². The first kappa shape index (κ1) is 20.3. The zero-order chi connectivity index (χ0) is 21.3. The minimum Gasteiger partial charge on any atom is -0.0585 e. The summed E-state index contributed by atoms with van der Waals surface area (Å²) >= 11 is 0. The predicted molar refractivity (Wildman–Crippen MR) is 136 cm³/mol. The zero-order valence-corrected chi connectivity index (χ0v) is 19.4. The van der Waals surface area contributed by atoms with Gasteiger partial charge in [-0.05, 0) is 133 Å². The van der Waals surface area contributed by atoms with E-state index in [4.69, 9.17) is 0 Å². The van der Waals surface area contributed by atoms with Crippen LogP contribution in [-0.2, 0) is 25.7 Å². The van der Waals surface area contributed by atoms with Gasteiger partial charge in [-0.3, -0.25) is 0 Å². The van der Waals surface area contributed by atoms with E-state index in [0.29, 0.717) is 0 Å². The fraction of sp³-hybridized carbons (Fsp3) is 0.438. The maximum Gasteiger partial charge on any atom is -0.0161 e. The molecular formula is C32H36. The molecule has 0 amide bonds. The molecular weight excluding hydrogens is 384 g/mol. The lowest BCUT2D eigenvalue weighted by atomic mass is 9.75. The van der Waals surface area contributed by atoms with Crippen LogP contribution in [0.1, 0.15) is 96.6 Å². The van der Waals surface area contributed by atoms with Gasteiger partial charge in [0.05, 0.1) is 0 Å². The average molecular weight is 421 g/mol. The molecule has 0 N–H and O–H groups in total. The van der Waals surface area contributed by atoms with Crippen molar-refractivity contribution in [3.63, 3.8) is 0 Å². The third-order valence-corrected chi connectivity index (χ3v) is 8.64. The highest BCUT2D eigenvalue weighted by atomic mass is 14.3. The van der Waals surface area contributed by atoms with E-state index >= 15 is 0 Å². The fourth-order valence-corrected chi connectivity index (χ4v) is 6.63. The summed E-state index contributed by atoms with van der Waals surface area (Å²) in [7, 11) is 0. The van der Waals surface area contributed by atoms with Gasteiger partial charge in [-0.1, -0.05) is 60.7 Å². The molecule has 3 aromatic carbocycles. The Morgan fingerprint density at radius 2 is 0.875 bits per heavy atom. The molecule has 0 unspecified atom stereocenters. The summed E-state index contributed by atoms with van der Waals surface area (Å²) in [6, 6.07) is 24.2. The monoisotopic (exact) mass is 420 g/mol. The van der Waals surface area contributed by atoms with E-state index in [2.05, 4.69) is 60.7 Å². The van der Waals surface area contributed by atoms with Gasteiger partial charge in [0.1, 0.15) is 0 Å². The molecule has 1 fully saturated rings. The summed E-state index contributed by atoms with van der Waals surface area (Å²) in [5, 5.41) is 0. The highest BCUT2D eigenvalue weighted by molar-refractivity contribution is 5.65. The molecule has 164 valence electrons. The molecule has 0 aliphatic heterocycles. The van der Waals surface area contributed by atoms with Gasteiger partial charge in [-0.15, -0.1) is 0 Å². The van der Waals surface area contributed by atoms with Gasteiger partial charge in [0.15, 0.2) is 0 Å². The second-order valence-corrected chi connectivity index (χ2v) is 10.6. The third kappa shape index (κ3) is 4.05. The van der Waals surface area contributed by atoms with Crippen LogP contribution in [0, 0.1) is 0 Å². The number of rotatable bonds is 3. The smallest absolute Gasteiger partial charge is 0.0161 e.